The van der Waals surface area contributed by atoms with E-state index in [-0.39, 0.29) is 30.0 Å². The molecule has 1 aliphatic heterocycles. The van der Waals surface area contributed by atoms with Crippen molar-refractivity contribution >= 4 is 45.3 Å². The maximum Gasteiger partial charge on any atom is 0.436 e. The van der Waals surface area contributed by atoms with Gasteiger partial charge in [0.05, 0.1) is 22.4 Å². The lowest BCUT2D eigenvalue weighted by Crippen LogP contribution is -2.35. The summed E-state index contributed by atoms with van der Waals surface area (Å²) < 4.78 is 12.4. The molecule has 0 atom stereocenters. The summed E-state index contributed by atoms with van der Waals surface area (Å²) in [4.78, 5) is 42.4. The molecule has 42 heavy (non-hydrogen) atoms. The van der Waals surface area contributed by atoms with Gasteiger partial charge in [0.2, 0.25) is 0 Å². The topological polar surface area (TPSA) is 115 Å². The van der Waals surface area contributed by atoms with Crippen molar-refractivity contribution in [1.29, 1.82) is 0 Å². The molecule has 1 aliphatic carbocycles. The number of thiophene rings is 1. The minimum Gasteiger partial charge on any atom is -0.490 e. The van der Waals surface area contributed by atoms with Gasteiger partial charge in [0.1, 0.15) is 16.7 Å². The van der Waals surface area contributed by atoms with E-state index in [4.69, 9.17) is 9.47 Å². The number of fused-ring (bicyclic) bond motifs is 1. The lowest BCUT2D eigenvalue weighted by atomic mass is 10.1. The van der Waals surface area contributed by atoms with Crippen LogP contribution in [0, 0.1) is 0 Å². The maximum absolute atomic E-state index is 13.3. The van der Waals surface area contributed by atoms with Crippen molar-refractivity contribution in [3.05, 3.63) is 76.7 Å². The zero-order valence-electron chi connectivity index (χ0n) is 23.6. The Morgan fingerprint density at radius 1 is 1.02 bits per heavy atom. The Bertz CT molecular complexity index is 1600. The molecule has 2 fully saturated rings. The number of carbonyl (C=O) groups is 3. The third kappa shape index (κ3) is 5.75. The number of hydrogen-bond donors (Lipinski definition) is 2. The number of carbonyl (C=O) groups excluding carboxylic acids is 3. The highest BCUT2D eigenvalue weighted by Crippen LogP contribution is 2.46. The molecule has 4 aromatic rings. The molecule has 2 aliphatic rings. The van der Waals surface area contributed by atoms with Gasteiger partial charge in [0, 0.05) is 18.7 Å². The minimum absolute atomic E-state index is 0.159. The molecule has 0 bridgehead atoms. The lowest BCUT2D eigenvalue weighted by molar-refractivity contribution is 0.0934. The van der Waals surface area contributed by atoms with Crippen LogP contribution in [0.25, 0.3) is 10.2 Å². The SMILES string of the molecule is CCOC(=O)n1nc(NC(=O)c2ccc(OC3CCN(C)CC3)cc2)c2cc(C(=O)NC3(c4ccccc4)CC3)sc21. The van der Waals surface area contributed by atoms with E-state index in [1.165, 1.54) is 0 Å². The molecule has 10 nitrogen and oxygen atoms in total. The van der Waals surface area contributed by atoms with Crippen molar-refractivity contribution in [1.82, 2.24) is 20.0 Å². The summed E-state index contributed by atoms with van der Waals surface area (Å²) in [6.07, 6.45) is 3.11. The highest BCUT2D eigenvalue weighted by molar-refractivity contribution is 7.20. The van der Waals surface area contributed by atoms with E-state index in [0.29, 0.717) is 26.4 Å². The summed E-state index contributed by atoms with van der Waals surface area (Å²) in [6.45, 7) is 3.86. The van der Waals surface area contributed by atoms with E-state index in [1.54, 1.807) is 37.3 Å². The van der Waals surface area contributed by atoms with Gasteiger partial charge in [-0.25, -0.2) is 4.79 Å². The molecule has 0 radical (unpaired) electrons. The van der Waals surface area contributed by atoms with Gasteiger partial charge in [-0.1, -0.05) is 30.3 Å². The predicted molar refractivity (Wildman–Crippen MR) is 160 cm³/mol. The molecule has 2 N–H and O–H groups in total. The van der Waals surface area contributed by atoms with E-state index in [0.717, 1.165) is 60.4 Å². The molecule has 2 aromatic carbocycles. The fraction of sp³-hybridized carbons (Fsp3) is 0.355. The van der Waals surface area contributed by atoms with E-state index >= 15 is 0 Å². The van der Waals surface area contributed by atoms with Gasteiger partial charge in [-0.05, 0) is 75.5 Å². The van der Waals surface area contributed by atoms with Crippen LogP contribution in [0.2, 0.25) is 0 Å². The summed E-state index contributed by atoms with van der Waals surface area (Å²) in [6, 6.07) is 18.5. The van der Waals surface area contributed by atoms with Crippen molar-refractivity contribution < 1.29 is 23.9 Å². The summed E-state index contributed by atoms with van der Waals surface area (Å²) in [5.41, 5.74) is 1.09. The zero-order valence-corrected chi connectivity index (χ0v) is 24.4. The van der Waals surface area contributed by atoms with E-state index in [1.807, 2.05) is 30.3 Å². The number of ether oxygens (including phenoxy) is 2. The second-order valence-electron chi connectivity index (χ2n) is 10.8. The standard InChI is InChI=1S/C31H33N5O5S/c1-3-40-30(39)36-29-24(19-25(42-29)28(38)33-31(15-16-31)21-7-5-4-6-8-21)26(34-36)32-27(37)20-9-11-22(12-10-20)41-23-13-17-35(2)18-14-23/h4-12,19,23H,3,13-18H2,1-2H3,(H,33,38)(H,32,34,37). The van der Waals surface area contributed by atoms with Crippen LogP contribution in [0.5, 0.6) is 5.75 Å². The van der Waals surface area contributed by atoms with Crippen LogP contribution < -0.4 is 15.4 Å². The highest BCUT2D eigenvalue weighted by Gasteiger charge is 2.46. The van der Waals surface area contributed by atoms with Crippen molar-refractivity contribution in [3.8, 4) is 5.75 Å². The second kappa shape index (κ2) is 11.6. The Labute approximate surface area is 247 Å². The third-order valence-electron chi connectivity index (χ3n) is 7.77. The molecule has 218 valence electrons. The van der Waals surface area contributed by atoms with Crippen molar-refractivity contribution in [2.45, 2.75) is 44.2 Å². The molecule has 0 spiro atoms. The van der Waals surface area contributed by atoms with Crippen LogP contribution in [0.4, 0.5) is 10.6 Å². The van der Waals surface area contributed by atoms with Gasteiger partial charge in [0.15, 0.2) is 5.82 Å². The first-order valence-corrected chi connectivity index (χ1v) is 15.0. The number of rotatable bonds is 8. The van der Waals surface area contributed by atoms with Gasteiger partial charge in [-0.2, -0.15) is 4.68 Å². The molecular weight excluding hydrogens is 554 g/mol. The number of anilines is 1. The van der Waals surface area contributed by atoms with Gasteiger partial charge in [-0.3, -0.25) is 9.59 Å². The highest BCUT2D eigenvalue weighted by atomic mass is 32.1. The Morgan fingerprint density at radius 3 is 2.40 bits per heavy atom. The minimum atomic E-state index is -0.685. The molecule has 6 rings (SSSR count). The third-order valence-corrected chi connectivity index (χ3v) is 8.88. The van der Waals surface area contributed by atoms with Crippen molar-refractivity contribution in [3.63, 3.8) is 0 Å². The number of aromatic nitrogens is 2. The van der Waals surface area contributed by atoms with Gasteiger partial charge in [0.25, 0.3) is 11.8 Å². The van der Waals surface area contributed by atoms with Gasteiger partial charge < -0.3 is 25.0 Å². The number of nitrogens with one attached hydrogen (secondary N) is 2. The first kappa shape index (κ1) is 27.9. The smallest absolute Gasteiger partial charge is 0.436 e. The Balaban J connectivity index is 1.20. The molecule has 1 saturated carbocycles. The summed E-state index contributed by atoms with van der Waals surface area (Å²) in [7, 11) is 2.11. The first-order valence-electron chi connectivity index (χ1n) is 14.2. The van der Waals surface area contributed by atoms with Crippen molar-refractivity contribution in [2.75, 3.05) is 32.1 Å². The first-order chi connectivity index (χ1) is 20.3. The van der Waals surface area contributed by atoms with Crippen molar-refractivity contribution in [2.24, 2.45) is 0 Å². The molecule has 2 amide bonds. The second-order valence-corrected chi connectivity index (χ2v) is 11.8. The fourth-order valence-electron chi connectivity index (χ4n) is 5.23. The van der Waals surface area contributed by atoms with Crippen LogP contribution in [0.1, 0.15) is 58.2 Å². The molecule has 11 heteroatoms. The van der Waals surface area contributed by atoms with Crippen LogP contribution in [-0.4, -0.2) is 65.4 Å². The number of piperidine rings is 1. The number of nitrogens with zero attached hydrogens (tertiary/aromatic N) is 3. The number of likely N-dealkylation sites (tertiary alicyclic amines) is 1. The van der Waals surface area contributed by atoms with E-state index in [2.05, 4.69) is 27.7 Å². The quantitative estimate of drug-likeness (QED) is 0.290. The zero-order chi connectivity index (χ0) is 29.3. The largest absolute Gasteiger partial charge is 0.490 e. The molecule has 0 unspecified atom stereocenters. The van der Waals surface area contributed by atoms with Crippen LogP contribution in [0.3, 0.4) is 0 Å². The van der Waals surface area contributed by atoms with Gasteiger partial charge in [-0.15, -0.1) is 16.4 Å². The normalized spacial score (nSPS) is 16.6. The monoisotopic (exact) mass is 587 g/mol. The van der Waals surface area contributed by atoms with Crippen LogP contribution in [0.15, 0.2) is 60.7 Å². The lowest BCUT2D eigenvalue weighted by Gasteiger charge is -2.29. The molecule has 3 heterocycles. The van der Waals surface area contributed by atoms with Crippen LogP contribution >= 0.6 is 11.3 Å². The Morgan fingerprint density at radius 2 is 1.74 bits per heavy atom. The Hall–Kier alpha value is -4.22. The van der Waals surface area contributed by atoms with Crippen LogP contribution in [-0.2, 0) is 10.3 Å². The predicted octanol–water partition coefficient (Wildman–Crippen LogP) is 5.25. The molecule has 2 aromatic heterocycles. The summed E-state index contributed by atoms with van der Waals surface area (Å²) in [5, 5.41) is 10.8. The molecule has 1 saturated heterocycles. The van der Waals surface area contributed by atoms with E-state index in [9.17, 15) is 14.4 Å². The fourth-order valence-corrected chi connectivity index (χ4v) is 6.22. The number of benzene rings is 2. The average Bonchev–Trinajstić information content (AvgIpc) is 3.51. The Kier molecular flexibility index (Phi) is 7.70. The molecular formula is C31H33N5O5S. The maximum atomic E-state index is 13.3. The number of amides is 2. The van der Waals surface area contributed by atoms with Gasteiger partial charge >= 0.3 is 6.09 Å². The number of hydrogen-bond acceptors (Lipinski definition) is 8. The average molecular weight is 588 g/mol. The van der Waals surface area contributed by atoms with E-state index < -0.39 is 12.0 Å². The summed E-state index contributed by atoms with van der Waals surface area (Å²) >= 11 is 1.13. The summed E-state index contributed by atoms with van der Waals surface area (Å²) in [5.74, 6) is 0.251.